The van der Waals surface area contributed by atoms with Gasteiger partial charge in [0.15, 0.2) is 5.96 Å². The number of rotatable bonds is 9. The molecule has 0 bridgehead atoms. The second kappa shape index (κ2) is 12.1. The Morgan fingerprint density at radius 2 is 1.84 bits per heavy atom. The van der Waals surface area contributed by atoms with Gasteiger partial charge in [0.2, 0.25) is 0 Å². The first-order valence-corrected chi connectivity index (χ1v) is 10.5. The Labute approximate surface area is 189 Å². The van der Waals surface area contributed by atoms with Crippen molar-refractivity contribution in [1.82, 2.24) is 20.9 Å². The number of aliphatic imine (C=N–C) groups is 1. The van der Waals surface area contributed by atoms with Gasteiger partial charge in [0.05, 0.1) is 5.69 Å². The van der Waals surface area contributed by atoms with E-state index in [1.165, 1.54) is 0 Å². The zero-order valence-electron chi connectivity index (χ0n) is 18.5. The highest BCUT2D eigenvalue weighted by Gasteiger charge is 2.05. The maximum atomic E-state index is 11.8. The van der Waals surface area contributed by atoms with Crippen molar-refractivity contribution in [3.63, 3.8) is 0 Å². The van der Waals surface area contributed by atoms with Gasteiger partial charge in [-0.2, -0.15) is 0 Å². The van der Waals surface area contributed by atoms with Crippen LogP contribution in [-0.2, 0) is 19.6 Å². The number of amides is 1. The number of carbonyl (C=O) groups excluding carboxylic acids is 1. The third-order valence-corrected chi connectivity index (χ3v) is 4.82. The van der Waals surface area contributed by atoms with Gasteiger partial charge in [-0.05, 0) is 53.9 Å². The third kappa shape index (κ3) is 7.12. The fraction of sp³-hybridized carbons (Fsp3) is 0.240. The van der Waals surface area contributed by atoms with Crippen LogP contribution in [-0.4, -0.2) is 37.5 Å². The first kappa shape index (κ1) is 22.8. The lowest BCUT2D eigenvalue weighted by Crippen LogP contribution is -2.37. The molecule has 0 saturated heterocycles. The molecule has 7 heteroatoms. The van der Waals surface area contributed by atoms with Crippen LogP contribution in [0.1, 0.15) is 27.2 Å². The second-order valence-electron chi connectivity index (χ2n) is 7.14. The predicted molar refractivity (Wildman–Crippen MR) is 127 cm³/mol. The molecule has 0 aliphatic rings. The van der Waals surface area contributed by atoms with Gasteiger partial charge in [0.25, 0.3) is 5.91 Å². The average Bonchev–Trinajstić information content (AvgIpc) is 2.85. The van der Waals surface area contributed by atoms with Crippen LogP contribution in [0.4, 0.5) is 0 Å². The highest BCUT2D eigenvalue weighted by atomic mass is 16.5. The highest BCUT2D eigenvalue weighted by molar-refractivity contribution is 5.94. The molecule has 0 aliphatic carbocycles. The summed E-state index contributed by atoms with van der Waals surface area (Å²) >= 11 is 0. The Morgan fingerprint density at radius 1 is 1.00 bits per heavy atom. The molecule has 3 N–H and O–H groups in total. The van der Waals surface area contributed by atoms with E-state index in [9.17, 15) is 4.79 Å². The summed E-state index contributed by atoms with van der Waals surface area (Å²) in [5.74, 6) is 1.43. The van der Waals surface area contributed by atoms with E-state index in [1.54, 1.807) is 20.3 Å². The Hall–Kier alpha value is -3.87. The molecule has 1 heterocycles. The lowest BCUT2D eigenvalue weighted by atomic mass is 10.1. The Bertz CT molecular complexity index is 1040. The molecule has 0 atom stereocenters. The SMILES string of the molecule is CN=C(NCCc1cccc(C(=O)NC)c1)NCc1cccc(OCc2ccccn2)c1. The molecule has 0 unspecified atom stereocenters. The van der Waals surface area contributed by atoms with Crippen LogP contribution in [0.3, 0.4) is 0 Å². The molecular formula is C25H29N5O2. The van der Waals surface area contributed by atoms with Crippen molar-refractivity contribution in [1.29, 1.82) is 0 Å². The van der Waals surface area contributed by atoms with Crippen LogP contribution >= 0.6 is 0 Å². The maximum Gasteiger partial charge on any atom is 0.251 e. The van der Waals surface area contributed by atoms with E-state index in [-0.39, 0.29) is 5.91 Å². The summed E-state index contributed by atoms with van der Waals surface area (Å²) < 4.78 is 5.85. The van der Waals surface area contributed by atoms with Crippen molar-refractivity contribution >= 4 is 11.9 Å². The average molecular weight is 432 g/mol. The molecule has 0 fully saturated rings. The fourth-order valence-corrected chi connectivity index (χ4v) is 3.13. The summed E-state index contributed by atoms with van der Waals surface area (Å²) in [6, 6.07) is 21.4. The van der Waals surface area contributed by atoms with Gasteiger partial charge in [-0.1, -0.05) is 30.3 Å². The topological polar surface area (TPSA) is 87.6 Å². The lowest BCUT2D eigenvalue weighted by molar-refractivity contribution is 0.0963. The van der Waals surface area contributed by atoms with Crippen molar-refractivity contribution in [2.45, 2.75) is 19.6 Å². The van der Waals surface area contributed by atoms with Gasteiger partial charge in [-0.3, -0.25) is 14.8 Å². The number of guanidine groups is 1. The summed E-state index contributed by atoms with van der Waals surface area (Å²) in [5, 5.41) is 9.28. The van der Waals surface area contributed by atoms with E-state index in [2.05, 4.69) is 25.9 Å². The third-order valence-electron chi connectivity index (χ3n) is 4.82. The number of hydrogen-bond donors (Lipinski definition) is 3. The van der Waals surface area contributed by atoms with Crippen LogP contribution in [0.2, 0.25) is 0 Å². The number of benzene rings is 2. The Kier molecular flexibility index (Phi) is 8.62. The van der Waals surface area contributed by atoms with E-state index < -0.39 is 0 Å². The smallest absolute Gasteiger partial charge is 0.251 e. The predicted octanol–water partition coefficient (Wildman–Crippen LogP) is 2.93. The summed E-state index contributed by atoms with van der Waals surface area (Å²) in [5.41, 5.74) is 3.73. The standard InChI is InChI=1S/C25H29N5O2/c1-26-24(31)21-9-5-7-19(15-21)12-14-29-25(27-2)30-17-20-8-6-11-23(16-20)32-18-22-10-3-4-13-28-22/h3-11,13,15-16H,12,14,17-18H2,1-2H3,(H,26,31)(H2,27,29,30). The minimum Gasteiger partial charge on any atom is -0.487 e. The molecule has 0 spiro atoms. The Balaban J connectivity index is 1.46. The van der Waals surface area contributed by atoms with Crippen LogP contribution in [0, 0.1) is 0 Å². The van der Waals surface area contributed by atoms with E-state index in [4.69, 9.17) is 4.74 Å². The molecule has 166 valence electrons. The van der Waals surface area contributed by atoms with Crippen molar-refractivity contribution in [3.05, 3.63) is 95.3 Å². The summed E-state index contributed by atoms with van der Waals surface area (Å²) in [7, 11) is 3.38. The van der Waals surface area contributed by atoms with Crippen molar-refractivity contribution in [3.8, 4) is 5.75 Å². The molecule has 3 aromatic rings. The largest absolute Gasteiger partial charge is 0.487 e. The number of pyridine rings is 1. The normalized spacial score (nSPS) is 11.0. The van der Waals surface area contributed by atoms with Crippen molar-refractivity contribution in [2.24, 2.45) is 4.99 Å². The number of hydrogen-bond acceptors (Lipinski definition) is 4. The molecule has 0 radical (unpaired) electrons. The first-order chi connectivity index (χ1) is 15.7. The number of carbonyl (C=O) groups is 1. The zero-order chi connectivity index (χ0) is 22.6. The number of ether oxygens (including phenoxy) is 1. The van der Waals surface area contributed by atoms with Gasteiger partial charge in [0.1, 0.15) is 12.4 Å². The highest BCUT2D eigenvalue weighted by Crippen LogP contribution is 2.14. The maximum absolute atomic E-state index is 11.8. The zero-order valence-corrected chi connectivity index (χ0v) is 18.5. The van der Waals surface area contributed by atoms with Crippen molar-refractivity contribution in [2.75, 3.05) is 20.6 Å². The molecule has 1 amide bonds. The quantitative estimate of drug-likeness (QED) is 0.358. The van der Waals surface area contributed by atoms with Crippen LogP contribution in [0.5, 0.6) is 5.75 Å². The van der Waals surface area contributed by atoms with E-state index >= 15 is 0 Å². The second-order valence-corrected chi connectivity index (χ2v) is 7.14. The van der Waals surface area contributed by atoms with Crippen molar-refractivity contribution < 1.29 is 9.53 Å². The minimum atomic E-state index is -0.0801. The molecule has 2 aromatic carbocycles. The summed E-state index contributed by atoms with van der Waals surface area (Å²) in [4.78, 5) is 20.3. The summed E-state index contributed by atoms with van der Waals surface area (Å²) in [6.45, 7) is 1.75. The van der Waals surface area contributed by atoms with Crippen LogP contribution in [0.15, 0.2) is 77.9 Å². The fourth-order valence-electron chi connectivity index (χ4n) is 3.13. The van der Waals surface area contributed by atoms with E-state index in [1.807, 2.05) is 66.7 Å². The van der Waals surface area contributed by atoms with Gasteiger partial charge >= 0.3 is 0 Å². The Morgan fingerprint density at radius 3 is 2.62 bits per heavy atom. The number of nitrogens with one attached hydrogen (secondary N) is 3. The van der Waals surface area contributed by atoms with Gasteiger partial charge in [-0.15, -0.1) is 0 Å². The molecule has 3 rings (SSSR count). The lowest BCUT2D eigenvalue weighted by Gasteiger charge is -2.13. The van der Waals surface area contributed by atoms with Gasteiger partial charge in [-0.25, -0.2) is 0 Å². The molecule has 7 nitrogen and oxygen atoms in total. The molecule has 32 heavy (non-hydrogen) atoms. The van der Waals surface area contributed by atoms with Gasteiger partial charge in [0, 0.05) is 38.9 Å². The van der Waals surface area contributed by atoms with Gasteiger partial charge < -0.3 is 20.7 Å². The van der Waals surface area contributed by atoms with Crippen LogP contribution in [0.25, 0.3) is 0 Å². The molecular weight excluding hydrogens is 402 g/mol. The molecule has 0 aliphatic heterocycles. The first-order valence-electron chi connectivity index (χ1n) is 10.5. The monoisotopic (exact) mass is 431 g/mol. The molecule has 0 saturated carbocycles. The number of nitrogens with zero attached hydrogens (tertiary/aromatic N) is 2. The van der Waals surface area contributed by atoms with Crippen LogP contribution < -0.4 is 20.7 Å². The molecule has 1 aromatic heterocycles. The minimum absolute atomic E-state index is 0.0801. The number of aromatic nitrogens is 1. The summed E-state index contributed by atoms with van der Waals surface area (Å²) in [6.07, 6.45) is 2.54. The van der Waals surface area contributed by atoms with E-state index in [0.29, 0.717) is 31.2 Å². The van der Waals surface area contributed by atoms with E-state index in [0.717, 1.165) is 29.0 Å².